The minimum Gasteiger partial charge on any atom is -0.313 e. The molecule has 2 aromatic rings. The van der Waals surface area contributed by atoms with E-state index in [1.165, 1.54) is 5.56 Å². The van der Waals surface area contributed by atoms with E-state index < -0.39 is 0 Å². The number of rotatable bonds is 5. The molecular formula is C13H15N5. The average Bonchev–Trinajstić information content (AvgIpc) is 2.89. The molecule has 0 atom stereocenters. The third-order valence-corrected chi connectivity index (χ3v) is 2.55. The van der Waals surface area contributed by atoms with Crippen LogP contribution in [0.15, 0.2) is 30.6 Å². The van der Waals surface area contributed by atoms with Crippen molar-refractivity contribution < 1.29 is 0 Å². The Kier molecular flexibility index (Phi) is 4.05. The normalized spacial score (nSPS) is 10.2. The molecule has 0 bridgehead atoms. The van der Waals surface area contributed by atoms with Crippen molar-refractivity contribution in [1.82, 2.24) is 20.1 Å². The molecule has 5 heteroatoms. The average molecular weight is 241 g/mol. The van der Waals surface area contributed by atoms with Gasteiger partial charge in [0, 0.05) is 6.54 Å². The topological polar surface area (TPSA) is 66.5 Å². The summed E-state index contributed by atoms with van der Waals surface area (Å²) in [7, 11) is 0. The second-order valence-corrected chi connectivity index (χ2v) is 3.97. The van der Waals surface area contributed by atoms with E-state index in [9.17, 15) is 0 Å². The van der Waals surface area contributed by atoms with Crippen LogP contribution < -0.4 is 5.32 Å². The zero-order chi connectivity index (χ0) is 12.8. The summed E-state index contributed by atoms with van der Waals surface area (Å²) in [6, 6.07) is 9.95. The van der Waals surface area contributed by atoms with Crippen molar-refractivity contribution in [2.24, 2.45) is 0 Å². The maximum atomic E-state index is 8.67. The van der Waals surface area contributed by atoms with Crippen molar-refractivity contribution in [3.05, 3.63) is 42.0 Å². The molecule has 0 radical (unpaired) electrons. The van der Waals surface area contributed by atoms with Crippen LogP contribution in [-0.2, 0) is 6.54 Å². The Hall–Kier alpha value is -2.19. The fourth-order valence-corrected chi connectivity index (χ4v) is 1.61. The summed E-state index contributed by atoms with van der Waals surface area (Å²) in [6.45, 7) is 4.04. The van der Waals surface area contributed by atoms with Crippen molar-refractivity contribution in [1.29, 1.82) is 5.26 Å². The molecule has 0 saturated heterocycles. The molecule has 0 aliphatic rings. The van der Waals surface area contributed by atoms with E-state index in [2.05, 4.69) is 22.3 Å². The molecule has 1 aromatic heterocycles. The van der Waals surface area contributed by atoms with Crippen LogP contribution in [0.3, 0.4) is 0 Å². The predicted octanol–water partition coefficient (Wildman–Crippen LogP) is 1.64. The largest absolute Gasteiger partial charge is 0.313 e. The SMILES string of the molecule is CCCNCc1ccc(-n2cnc(C#N)n2)cc1. The van der Waals surface area contributed by atoms with Crippen LogP contribution in [-0.4, -0.2) is 21.3 Å². The fourth-order valence-electron chi connectivity index (χ4n) is 1.61. The molecule has 92 valence electrons. The highest BCUT2D eigenvalue weighted by Gasteiger charge is 2.01. The lowest BCUT2D eigenvalue weighted by Crippen LogP contribution is -2.13. The molecule has 0 unspecified atom stereocenters. The predicted molar refractivity (Wildman–Crippen MR) is 68.1 cm³/mol. The summed E-state index contributed by atoms with van der Waals surface area (Å²) >= 11 is 0. The summed E-state index contributed by atoms with van der Waals surface area (Å²) in [5.41, 5.74) is 2.14. The van der Waals surface area contributed by atoms with Gasteiger partial charge in [0.25, 0.3) is 5.82 Å². The first kappa shape index (κ1) is 12.3. The van der Waals surface area contributed by atoms with Crippen molar-refractivity contribution in [2.75, 3.05) is 6.54 Å². The van der Waals surface area contributed by atoms with Crippen molar-refractivity contribution in [3.63, 3.8) is 0 Å². The molecule has 1 heterocycles. The molecule has 0 aliphatic carbocycles. The van der Waals surface area contributed by atoms with Gasteiger partial charge < -0.3 is 5.32 Å². The number of nitrogens with one attached hydrogen (secondary N) is 1. The van der Waals surface area contributed by atoms with Gasteiger partial charge in [0.05, 0.1) is 5.69 Å². The summed E-state index contributed by atoms with van der Waals surface area (Å²) in [4.78, 5) is 3.87. The monoisotopic (exact) mass is 241 g/mol. The number of benzene rings is 1. The van der Waals surface area contributed by atoms with E-state index in [4.69, 9.17) is 5.26 Å². The van der Waals surface area contributed by atoms with Crippen LogP contribution in [0.25, 0.3) is 5.69 Å². The molecule has 0 saturated carbocycles. The van der Waals surface area contributed by atoms with E-state index in [1.807, 2.05) is 30.3 Å². The zero-order valence-corrected chi connectivity index (χ0v) is 10.3. The summed E-state index contributed by atoms with van der Waals surface area (Å²) in [6.07, 6.45) is 2.68. The van der Waals surface area contributed by atoms with Gasteiger partial charge in [0.15, 0.2) is 0 Å². The summed E-state index contributed by atoms with van der Waals surface area (Å²) in [5.74, 6) is 0.184. The van der Waals surface area contributed by atoms with E-state index in [-0.39, 0.29) is 5.82 Å². The minimum absolute atomic E-state index is 0.184. The number of nitriles is 1. The Morgan fingerprint density at radius 2 is 2.11 bits per heavy atom. The Morgan fingerprint density at radius 1 is 1.33 bits per heavy atom. The van der Waals surface area contributed by atoms with E-state index in [0.717, 1.165) is 25.2 Å². The van der Waals surface area contributed by atoms with Crippen LogP contribution in [0.2, 0.25) is 0 Å². The first-order valence-electron chi connectivity index (χ1n) is 5.95. The van der Waals surface area contributed by atoms with E-state index in [0.29, 0.717) is 0 Å². The molecule has 0 fully saturated rings. The standard InChI is InChI=1S/C13H15N5/c1-2-7-15-9-11-3-5-12(6-4-11)18-10-16-13(8-14)17-18/h3-6,10,15H,2,7,9H2,1H3. The van der Waals surface area contributed by atoms with Gasteiger partial charge in [-0.2, -0.15) is 5.26 Å². The molecule has 1 aromatic carbocycles. The lowest BCUT2D eigenvalue weighted by atomic mass is 10.2. The quantitative estimate of drug-likeness (QED) is 0.808. The molecule has 2 rings (SSSR count). The molecule has 5 nitrogen and oxygen atoms in total. The second kappa shape index (κ2) is 5.94. The highest BCUT2D eigenvalue weighted by molar-refractivity contribution is 5.33. The smallest absolute Gasteiger partial charge is 0.252 e. The lowest BCUT2D eigenvalue weighted by Gasteiger charge is -2.05. The van der Waals surface area contributed by atoms with Crippen molar-refractivity contribution in [2.45, 2.75) is 19.9 Å². The van der Waals surface area contributed by atoms with Crippen molar-refractivity contribution in [3.8, 4) is 11.8 Å². The maximum absolute atomic E-state index is 8.67. The van der Waals surface area contributed by atoms with Gasteiger partial charge in [0.1, 0.15) is 12.4 Å². The zero-order valence-electron chi connectivity index (χ0n) is 10.3. The number of hydrogen-bond donors (Lipinski definition) is 1. The molecule has 18 heavy (non-hydrogen) atoms. The van der Waals surface area contributed by atoms with Crippen molar-refractivity contribution >= 4 is 0 Å². The Balaban J connectivity index is 2.05. The van der Waals surface area contributed by atoms with Gasteiger partial charge in [-0.1, -0.05) is 19.1 Å². The molecule has 1 N–H and O–H groups in total. The maximum Gasteiger partial charge on any atom is 0.252 e. The van der Waals surface area contributed by atoms with Gasteiger partial charge in [0.2, 0.25) is 0 Å². The number of hydrogen-bond acceptors (Lipinski definition) is 4. The molecule has 0 amide bonds. The first-order valence-corrected chi connectivity index (χ1v) is 5.95. The van der Waals surface area contributed by atoms with Gasteiger partial charge in [-0.15, -0.1) is 5.10 Å². The van der Waals surface area contributed by atoms with Crippen LogP contribution >= 0.6 is 0 Å². The second-order valence-electron chi connectivity index (χ2n) is 3.97. The first-order chi connectivity index (χ1) is 8.83. The number of aromatic nitrogens is 3. The summed E-state index contributed by atoms with van der Waals surface area (Å²) < 4.78 is 1.60. The van der Waals surface area contributed by atoms with Crippen LogP contribution in [0.5, 0.6) is 0 Å². The Labute approximate surface area is 106 Å². The van der Waals surface area contributed by atoms with Gasteiger partial charge in [-0.3, -0.25) is 0 Å². The Bertz CT molecular complexity index is 535. The Morgan fingerprint density at radius 3 is 2.72 bits per heavy atom. The molecule has 0 spiro atoms. The minimum atomic E-state index is 0.184. The van der Waals surface area contributed by atoms with Crippen LogP contribution in [0, 0.1) is 11.3 Å². The number of nitrogens with zero attached hydrogens (tertiary/aromatic N) is 4. The lowest BCUT2D eigenvalue weighted by molar-refractivity contribution is 0.675. The highest BCUT2D eigenvalue weighted by Crippen LogP contribution is 2.08. The molecular weight excluding hydrogens is 226 g/mol. The van der Waals surface area contributed by atoms with Gasteiger partial charge in [-0.25, -0.2) is 9.67 Å². The van der Waals surface area contributed by atoms with Gasteiger partial charge in [-0.05, 0) is 30.7 Å². The van der Waals surface area contributed by atoms with Crippen LogP contribution in [0.4, 0.5) is 0 Å². The fraction of sp³-hybridized carbons (Fsp3) is 0.308. The highest BCUT2D eigenvalue weighted by atomic mass is 15.3. The van der Waals surface area contributed by atoms with E-state index in [1.54, 1.807) is 11.0 Å². The molecule has 0 aliphatic heterocycles. The summed E-state index contributed by atoms with van der Waals surface area (Å²) in [5, 5.41) is 16.0. The third kappa shape index (κ3) is 2.93. The third-order valence-electron chi connectivity index (χ3n) is 2.55. The van der Waals surface area contributed by atoms with E-state index >= 15 is 0 Å². The van der Waals surface area contributed by atoms with Crippen LogP contribution in [0.1, 0.15) is 24.7 Å². The van der Waals surface area contributed by atoms with Gasteiger partial charge >= 0.3 is 0 Å².